The van der Waals surface area contributed by atoms with Gasteiger partial charge in [0, 0.05) is 23.8 Å². The van der Waals surface area contributed by atoms with Gasteiger partial charge in [-0.1, -0.05) is 13.8 Å². The maximum absolute atomic E-state index is 12.4. The van der Waals surface area contributed by atoms with Crippen LogP contribution in [0.5, 0.6) is 0 Å². The van der Waals surface area contributed by atoms with Crippen LogP contribution < -0.4 is 11.1 Å². The van der Waals surface area contributed by atoms with E-state index in [1.165, 1.54) is 0 Å². The van der Waals surface area contributed by atoms with Crippen LogP contribution >= 0.6 is 11.3 Å². The van der Waals surface area contributed by atoms with E-state index >= 15 is 0 Å². The maximum Gasteiger partial charge on any atom is 0.241 e. The summed E-state index contributed by atoms with van der Waals surface area (Å²) in [7, 11) is 0. The van der Waals surface area contributed by atoms with Crippen molar-refractivity contribution in [3.8, 4) is 0 Å². The predicted octanol–water partition coefficient (Wildman–Crippen LogP) is 1.60. The van der Waals surface area contributed by atoms with Gasteiger partial charge in [0.1, 0.15) is 5.54 Å². The zero-order valence-electron chi connectivity index (χ0n) is 12.5. The Labute approximate surface area is 123 Å². The quantitative estimate of drug-likeness (QED) is 0.865. The molecule has 1 saturated carbocycles. The third-order valence-corrected chi connectivity index (χ3v) is 5.15. The van der Waals surface area contributed by atoms with Gasteiger partial charge in [0.05, 0.1) is 23.4 Å². The molecule has 1 aliphatic carbocycles. The molecule has 0 radical (unpaired) electrons. The minimum absolute atomic E-state index is 0.0461. The van der Waals surface area contributed by atoms with E-state index in [2.05, 4.69) is 10.3 Å². The summed E-state index contributed by atoms with van der Waals surface area (Å²) >= 11 is 1.58. The van der Waals surface area contributed by atoms with Gasteiger partial charge in [0.2, 0.25) is 5.91 Å². The van der Waals surface area contributed by atoms with E-state index in [0.29, 0.717) is 19.6 Å². The molecule has 2 atom stereocenters. The molecule has 0 saturated heterocycles. The SMILES string of the molecule is CCOC1CC(N)(C(=O)NCc2csc(C)n2)C1(C)C. The van der Waals surface area contributed by atoms with Gasteiger partial charge in [-0.15, -0.1) is 11.3 Å². The molecular formula is C14H23N3O2S. The van der Waals surface area contributed by atoms with Gasteiger partial charge in [-0.25, -0.2) is 4.98 Å². The van der Waals surface area contributed by atoms with Crippen LogP contribution in [0.4, 0.5) is 0 Å². The Morgan fingerprint density at radius 3 is 2.85 bits per heavy atom. The minimum Gasteiger partial charge on any atom is -0.378 e. The Balaban J connectivity index is 1.95. The predicted molar refractivity (Wildman–Crippen MR) is 79.4 cm³/mol. The van der Waals surface area contributed by atoms with Crippen LogP contribution in [-0.2, 0) is 16.1 Å². The van der Waals surface area contributed by atoms with Crippen molar-refractivity contribution in [2.45, 2.75) is 52.3 Å². The smallest absolute Gasteiger partial charge is 0.241 e. The Hall–Kier alpha value is -0.980. The largest absolute Gasteiger partial charge is 0.378 e. The van der Waals surface area contributed by atoms with Crippen LogP contribution in [0.2, 0.25) is 0 Å². The molecule has 0 aliphatic heterocycles. The molecule has 1 heterocycles. The van der Waals surface area contributed by atoms with Crippen LogP contribution in [0.3, 0.4) is 0 Å². The molecule has 2 rings (SSSR count). The van der Waals surface area contributed by atoms with Crippen LogP contribution in [-0.4, -0.2) is 29.1 Å². The van der Waals surface area contributed by atoms with Gasteiger partial charge in [-0.3, -0.25) is 4.79 Å². The molecule has 112 valence electrons. The zero-order valence-corrected chi connectivity index (χ0v) is 13.3. The summed E-state index contributed by atoms with van der Waals surface area (Å²) < 4.78 is 5.63. The van der Waals surface area contributed by atoms with Crippen LogP contribution in [0, 0.1) is 12.3 Å². The average Bonchev–Trinajstić information content (AvgIpc) is 2.81. The molecule has 6 heteroatoms. The van der Waals surface area contributed by atoms with Crippen molar-refractivity contribution in [3.05, 3.63) is 16.1 Å². The van der Waals surface area contributed by atoms with Crippen molar-refractivity contribution in [2.24, 2.45) is 11.1 Å². The van der Waals surface area contributed by atoms with E-state index in [9.17, 15) is 4.79 Å². The fourth-order valence-electron chi connectivity index (χ4n) is 2.64. The topological polar surface area (TPSA) is 77.2 Å². The first-order chi connectivity index (χ1) is 9.31. The third-order valence-electron chi connectivity index (χ3n) is 4.33. The van der Waals surface area contributed by atoms with Crippen molar-refractivity contribution in [2.75, 3.05) is 6.61 Å². The first-order valence-corrected chi connectivity index (χ1v) is 7.79. The standard InChI is InChI=1S/C14H23N3O2S/c1-5-19-11-6-14(15,13(11,3)4)12(18)16-7-10-8-20-9(2)17-10/h8,11H,5-7,15H2,1-4H3,(H,16,18). The van der Waals surface area contributed by atoms with Crippen LogP contribution in [0.15, 0.2) is 5.38 Å². The molecule has 20 heavy (non-hydrogen) atoms. The number of amides is 1. The lowest BCUT2D eigenvalue weighted by molar-refractivity contribution is -0.170. The molecule has 1 fully saturated rings. The second-order valence-electron chi connectivity index (χ2n) is 5.88. The normalized spacial score (nSPS) is 27.9. The number of nitrogens with one attached hydrogen (secondary N) is 1. The lowest BCUT2D eigenvalue weighted by atomic mass is 9.54. The van der Waals surface area contributed by atoms with Crippen molar-refractivity contribution in [1.29, 1.82) is 0 Å². The highest BCUT2D eigenvalue weighted by atomic mass is 32.1. The Morgan fingerprint density at radius 1 is 1.65 bits per heavy atom. The van der Waals surface area contributed by atoms with Gasteiger partial charge < -0.3 is 15.8 Å². The molecule has 1 amide bonds. The van der Waals surface area contributed by atoms with E-state index < -0.39 is 5.54 Å². The highest BCUT2D eigenvalue weighted by molar-refractivity contribution is 7.09. The maximum atomic E-state index is 12.4. The first kappa shape index (κ1) is 15.4. The zero-order chi connectivity index (χ0) is 15.0. The highest BCUT2D eigenvalue weighted by Gasteiger charge is 2.62. The lowest BCUT2D eigenvalue weighted by Gasteiger charge is -2.57. The number of hydrogen-bond donors (Lipinski definition) is 2. The monoisotopic (exact) mass is 297 g/mol. The third kappa shape index (κ3) is 2.47. The number of ether oxygens (including phenoxy) is 1. The van der Waals surface area contributed by atoms with Crippen LogP contribution in [0.25, 0.3) is 0 Å². The number of thiazole rings is 1. The fraction of sp³-hybridized carbons (Fsp3) is 0.714. The summed E-state index contributed by atoms with van der Waals surface area (Å²) in [4.78, 5) is 16.7. The average molecular weight is 297 g/mol. The lowest BCUT2D eigenvalue weighted by Crippen LogP contribution is -2.75. The fourth-order valence-corrected chi connectivity index (χ4v) is 3.25. The van der Waals surface area contributed by atoms with E-state index in [0.717, 1.165) is 10.7 Å². The minimum atomic E-state index is -0.863. The molecule has 0 bridgehead atoms. The Kier molecular flexibility index (Phi) is 4.18. The molecular weight excluding hydrogens is 274 g/mol. The molecule has 1 aromatic rings. The van der Waals surface area contributed by atoms with E-state index in [-0.39, 0.29) is 17.4 Å². The van der Waals surface area contributed by atoms with Gasteiger partial charge in [0.25, 0.3) is 0 Å². The number of carbonyl (C=O) groups is 1. The summed E-state index contributed by atoms with van der Waals surface area (Å²) in [5, 5.41) is 5.85. The van der Waals surface area contributed by atoms with E-state index in [1.807, 2.05) is 33.1 Å². The van der Waals surface area contributed by atoms with E-state index in [4.69, 9.17) is 10.5 Å². The molecule has 0 spiro atoms. The number of nitrogens with zero attached hydrogens (tertiary/aromatic N) is 1. The summed E-state index contributed by atoms with van der Waals surface area (Å²) in [6.45, 7) is 8.95. The Morgan fingerprint density at radius 2 is 2.35 bits per heavy atom. The molecule has 1 aromatic heterocycles. The second kappa shape index (κ2) is 5.42. The van der Waals surface area contributed by atoms with Gasteiger partial charge in [-0.05, 0) is 13.8 Å². The van der Waals surface area contributed by atoms with Crippen molar-refractivity contribution < 1.29 is 9.53 Å². The van der Waals surface area contributed by atoms with Crippen molar-refractivity contribution >= 4 is 17.2 Å². The summed E-state index contributed by atoms with van der Waals surface area (Å²) in [5.41, 5.74) is 5.96. The van der Waals surface area contributed by atoms with E-state index in [1.54, 1.807) is 11.3 Å². The number of nitrogens with two attached hydrogens (primary N) is 1. The number of carbonyl (C=O) groups excluding carboxylic acids is 1. The number of rotatable bonds is 5. The Bertz CT molecular complexity index is 500. The number of aryl methyl sites for hydroxylation is 1. The summed E-state index contributed by atoms with van der Waals surface area (Å²) in [5.74, 6) is -0.121. The second-order valence-corrected chi connectivity index (χ2v) is 6.94. The molecule has 2 unspecified atom stereocenters. The number of aromatic nitrogens is 1. The summed E-state index contributed by atoms with van der Waals surface area (Å²) in [6, 6.07) is 0. The van der Waals surface area contributed by atoms with Gasteiger partial charge in [0.15, 0.2) is 0 Å². The molecule has 1 aliphatic rings. The van der Waals surface area contributed by atoms with Gasteiger partial charge in [-0.2, -0.15) is 0 Å². The molecule has 0 aromatic carbocycles. The first-order valence-electron chi connectivity index (χ1n) is 6.91. The van der Waals surface area contributed by atoms with Gasteiger partial charge >= 0.3 is 0 Å². The number of hydrogen-bond acceptors (Lipinski definition) is 5. The van der Waals surface area contributed by atoms with Crippen molar-refractivity contribution in [3.63, 3.8) is 0 Å². The van der Waals surface area contributed by atoms with Crippen LogP contribution in [0.1, 0.15) is 37.9 Å². The van der Waals surface area contributed by atoms with Crippen molar-refractivity contribution in [1.82, 2.24) is 10.3 Å². The molecule has 3 N–H and O–H groups in total. The summed E-state index contributed by atoms with van der Waals surface area (Å²) in [6.07, 6.45) is 0.611. The molecule has 5 nitrogen and oxygen atoms in total. The highest BCUT2D eigenvalue weighted by Crippen LogP contribution is 2.49.